The minimum atomic E-state index is -0.644. The number of thiophene rings is 1. The van der Waals surface area contributed by atoms with Crippen LogP contribution in [-0.2, 0) is 6.42 Å². The number of rotatable bonds is 7. The maximum absolute atomic E-state index is 12.4. The smallest absolute Gasteiger partial charge is 0.311 e. The Kier molecular flexibility index (Phi) is 5.71. The van der Waals surface area contributed by atoms with Crippen LogP contribution in [0.1, 0.15) is 38.9 Å². The monoisotopic (exact) mass is 363 g/mol. The minimum absolute atomic E-state index is 0.0562. The number of benzene rings is 1. The molecule has 0 aliphatic carbocycles. The number of ether oxygens (including phenoxy) is 1. The van der Waals surface area contributed by atoms with Crippen molar-refractivity contribution in [1.29, 1.82) is 0 Å². The number of anilines is 1. The van der Waals surface area contributed by atoms with E-state index in [4.69, 9.17) is 10.5 Å². The number of amides is 2. The summed E-state index contributed by atoms with van der Waals surface area (Å²) in [5.74, 6) is -1.16. The summed E-state index contributed by atoms with van der Waals surface area (Å²) in [5.41, 5.74) is 5.34. The van der Waals surface area contributed by atoms with Crippen LogP contribution < -0.4 is 15.8 Å². The Balaban J connectivity index is 2.32. The van der Waals surface area contributed by atoms with Crippen LogP contribution in [0.5, 0.6) is 5.75 Å². The third-order valence-corrected chi connectivity index (χ3v) is 4.52. The molecule has 2 amide bonds. The molecular weight excluding hydrogens is 346 g/mol. The lowest BCUT2D eigenvalue weighted by molar-refractivity contribution is -0.385. The van der Waals surface area contributed by atoms with Gasteiger partial charge < -0.3 is 15.8 Å². The average Bonchev–Trinajstić information content (AvgIpc) is 2.97. The number of nitrogens with one attached hydrogen (secondary N) is 1. The van der Waals surface area contributed by atoms with Gasteiger partial charge in [0.05, 0.1) is 17.6 Å². The van der Waals surface area contributed by atoms with Gasteiger partial charge in [-0.3, -0.25) is 19.7 Å². The fraction of sp³-hybridized carbons (Fsp3) is 0.250. The minimum Gasteiger partial charge on any atom is -0.490 e. The van der Waals surface area contributed by atoms with E-state index in [9.17, 15) is 19.7 Å². The van der Waals surface area contributed by atoms with Crippen molar-refractivity contribution >= 4 is 33.8 Å². The molecule has 0 bridgehead atoms. The summed E-state index contributed by atoms with van der Waals surface area (Å²) in [6.07, 6.45) is 1.64. The van der Waals surface area contributed by atoms with Crippen molar-refractivity contribution in [2.24, 2.45) is 5.73 Å². The molecule has 1 aromatic carbocycles. The van der Waals surface area contributed by atoms with Gasteiger partial charge in [0.2, 0.25) is 0 Å². The molecule has 8 nitrogen and oxygen atoms in total. The molecule has 3 N–H and O–H groups in total. The first-order chi connectivity index (χ1) is 11.9. The maximum Gasteiger partial charge on any atom is 0.311 e. The molecule has 2 aromatic rings. The molecule has 1 aromatic heterocycles. The number of carbonyl (C=O) groups is 2. The van der Waals surface area contributed by atoms with Gasteiger partial charge in [-0.15, -0.1) is 11.3 Å². The molecule has 2 rings (SSSR count). The molecule has 0 aliphatic rings. The van der Waals surface area contributed by atoms with Crippen molar-refractivity contribution in [2.75, 3.05) is 12.4 Å². The molecule has 0 aliphatic heterocycles. The van der Waals surface area contributed by atoms with Crippen LogP contribution in [0.25, 0.3) is 0 Å². The Hall–Kier alpha value is -2.94. The van der Waals surface area contributed by atoms with E-state index in [1.54, 1.807) is 6.07 Å². The highest BCUT2D eigenvalue weighted by Gasteiger charge is 2.20. The molecule has 1 heterocycles. The third kappa shape index (κ3) is 4.13. The second-order valence-corrected chi connectivity index (χ2v) is 6.30. The Bertz CT molecular complexity index is 831. The summed E-state index contributed by atoms with van der Waals surface area (Å²) >= 11 is 1.26. The van der Waals surface area contributed by atoms with Crippen LogP contribution in [0, 0.1) is 10.1 Å². The van der Waals surface area contributed by atoms with Crippen molar-refractivity contribution in [3.8, 4) is 5.75 Å². The van der Waals surface area contributed by atoms with Gasteiger partial charge in [-0.05, 0) is 24.6 Å². The zero-order chi connectivity index (χ0) is 18.6. The molecule has 0 atom stereocenters. The van der Waals surface area contributed by atoms with E-state index in [0.29, 0.717) is 5.00 Å². The van der Waals surface area contributed by atoms with Crippen LogP contribution in [0.15, 0.2) is 24.3 Å². The van der Waals surface area contributed by atoms with Crippen LogP contribution in [0.2, 0.25) is 0 Å². The first-order valence-electron chi connectivity index (χ1n) is 7.43. The highest BCUT2D eigenvalue weighted by Crippen LogP contribution is 2.31. The molecule has 0 saturated carbocycles. The molecule has 0 radical (unpaired) electrons. The van der Waals surface area contributed by atoms with E-state index in [1.165, 1.54) is 30.6 Å². The Morgan fingerprint density at radius 3 is 2.64 bits per heavy atom. The van der Waals surface area contributed by atoms with Gasteiger partial charge in [0.1, 0.15) is 5.00 Å². The van der Waals surface area contributed by atoms with Gasteiger partial charge in [-0.2, -0.15) is 0 Å². The van der Waals surface area contributed by atoms with Crippen molar-refractivity contribution in [3.05, 3.63) is 50.4 Å². The van der Waals surface area contributed by atoms with Gasteiger partial charge in [0.15, 0.2) is 5.75 Å². The highest BCUT2D eigenvalue weighted by atomic mass is 32.1. The standard InChI is InChI=1S/C16H17N3O5S/c1-3-4-10-8-11(14(17)20)16(25-10)18-15(21)9-5-6-13(24-2)12(7-9)19(22)23/h5-8H,3-4H2,1-2H3,(H2,17,20)(H,18,21). The Morgan fingerprint density at radius 1 is 1.36 bits per heavy atom. The van der Waals surface area contributed by atoms with Gasteiger partial charge in [0.25, 0.3) is 11.8 Å². The molecule has 25 heavy (non-hydrogen) atoms. The lowest BCUT2D eigenvalue weighted by Gasteiger charge is -2.06. The van der Waals surface area contributed by atoms with Crippen molar-refractivity contribution < 1.29 is 19.2 Å². The van der Waals surface area contributed by atoms with Gasteiger partial charge in [-0.25, -0.2) is 0 Å². The lowest BCUT2D eigenvalue weighted by Crippen LogP contribution is -2.16. The second-order valence-electron chi connectivity index (χ2n) is 5.17. The number of primary amides is 1. The zero-order valence-electron chi connectivity index (χ0n) is 13.7. The second kappa shape index (κ2) is 7.75. The van der Waals surface area contributed by atoms with E-state index < -0.39 is 16.7 Å². The zero-order valence-corrected chi connectivity index (χ0v) is 14.5. The lowest BCUT2D eigenvalue weighted by atomic mass is 10.1. The topological polar surface area (TPSA) is 125 Å². The van der Waals surface area contributed by atoms with E-state index in [2.05, 4.69) is 5.32 Å². The summed E-state index contributed by atoms with van der Waals surface area (Å²) < 4.78 is 4.91. The normalized spacial score (nSPS) is 10.3. The summed E-state index contributed by atoms with van der Waals surface area (Å²) in [6, 6.07) is 5.53. The number of nitro benzene ring substituents is 1. The first kappa shape index (κ1) is 18.4. The summed E-state index contributed by atoms with van der Waals surface area (Å²) in [5, 5.41) is 14.0. The number of nitrogens with two attached hydrogens (primary N) is 1. The largest absolute Gasteiger partial charge is 0.490 e. The number of carbonyl (C=O) groups excluding carboxylic acids is 2. The number of methoxy groups -OCH3 is 1. The molecule has 132 valence electrons. The SMILES string of the molecule is CCCc1cc(C(N)=O)c(NC(=O)c2ccc(OC)c([N+](=O)[O-])c2)s1. The van der Waals surface area contributed by atoms with E-state index in [-0.39, 0.29) is 22.6 Å². The molecule has 0 unspecified atom stereocenters. The third-order valence-electron chi connectivity index (χ3n) is 3.41. The van der Waals surface area contributed by atoms with E-state index in [0.717, 1.165) is 23.8 Å². The molecule has 9 heteroatoms. The van der Waals surface area contributed by atoms with Gasteiger partial charge in [0, 0.05) is 16.5 Å². The molecule has 0 saturated heterocycles. The number of hydrogen-bond acceptors (Lipinski definition) is 6. The fourth-order valence-electron chi connectivity index (χ4n) is 2.24. The van der Waals surface area contributed by atoms with Crippen LogP contribution in [0.3, 0.4) is 0 Å². The predicted molar refractivity (Wildman–Crippen MR) is 94.4 cm³/mol. The van der Waals surface area contributed by atoms with Crippen LogP contribution in [-0.4, -0.2) is 23.8 Å². The number of nitrogens with zero attached hydrogens (tertiary/aromatic N) is 1. The summed E-state index contributed by atoms with van der Waals surface area (Å²) in [7, 11) is 1.31. The fourth-order valence-corrected chi connectivity index (χ4v) is 3.40. The number of nitro groups is 1. The summed E-state index contributed by atoms with van der Waals surface area (Å²) in [4.78, 5) is 35.3. The first-order valence-corrected chi connectivity index (χ1v) is 8.25. The highest BCUT2D eigenvalue weighted by molar-refractivity contribution is 7.16. The van der Waals surface area contributed by atoms with E-state index in [1.807, 2.05) is 6.92 Å². The quantitative estimate of drug-likeness (QED) is 0.578. The Morgan fingerprint density at radius 2 is 2.08 bits per heavy atom. The van der Waals surface area contributed by atoms with Crippen LogP contribution in [0.4, 0.5) is 10.7 Å². The molecule has 0 fully saturated rings. The van der Waals surface area contributed by atoms with Crippen molar-refractivity contribution in [3.63, 3.8) is 0 Å². The van der Waals surface area contributed by atoms with E-state index >= 15 is 0 Å². The predicted octanol–water partition coefficient (Wildman–Crippen LogP) is 2.97. The van der Waals surface area contributed by atoms with Crippen molar-refractivity contribution in [2.45, 2.75) is 19.8 Å². The van der Waals surface area contributed by atoms with Gasteiger partial charge in [-0.1, -0.05) is 13.3 Å². The number of aryl methyl sites for hydroxylation is 1. The molecule has 0 spiro atoms. The Labute approximate surface area is 147 Å². The molecular formula is C16H17N3O5S. The summed E-state index contributed by atoms with van der Waals surface area (Å²) in [6.45, 7) is 2.00. The van der Waals surface area contributed by atoms with Crippen LogP contribution >= 0.6 is 11.3 Å². The maximum atomic E-state index is 12.4. The average molecular weight is 363 g/mol. The number of hydrogen-bond donors (Lipinski definition) is 2. The van der Waals surface area contributed by atoms with Gasteiger partial charge >= 0.3 is 5.69 Å². The van der Waals surface area contributed by atoms with Crippen molar-refractivity contribution in [1.82, 2.24) is 0 Å².